The molecule has 2 heterocycles. The second kappa shape index (κ2) is 5.61. The van der Waals surface area contributed by atoms with Crippen LogP contribution < -0.4 is 0 Å². The first-order valence-corrected chi connectivity index (χ1v) is 6.45. The molecule has 0 bridgehead atoms. The summed E-state index contributed by atoms with van der Waals surface area (Å²) in [6.07, 6.45) is 3.56. The van der Waals surface area contributed by atoms with Crippen LogP contribution in [0.2, 0.25) is 0 Å². The van der Waals surface area contributed by atoms with Crippen molar-refractivity contribution in [2.75, 3.05) is 20.7 Å². The van der Waals surface area contributed by atoms with E-state index >= 15 is 0 Å². The van der Waals surface area contributed by atoms with Crippen LogP contribution in [0.3, 0.4) is 0 Å². The van der Waals surface area contributed by atoms with E-state index in [1.807, 2.05) is 0 Å². The molecule has 1 fully saturated rings. The summed E-state index contributed by atoms with van der Waals surface area (Å²) < 4.78 is 5.78. The zero-order chi connectivity index (χ0) is 12.3. The van der Waals surface area contributed by atoms with E-state index in [2.05, 4.69) is 38.1 Å². The average Bonchev–Trinajstić information content (AvgIpc) is 2.81. The largest absolute Gasteiger partial charge is 0.373 e. The number of hydrogen-bond acceptors (Lipinski definition) is 3. The molecule has 1 aromatic rings. The van der Waals surface area contributed by atoms with E-state index in [0.29, 0.717) is 0 Å². The molecule has 0 spiro atoms. The Balaban J connectivity index is 2.28. The summed E-state index contributed by atoms with van der Waals surface area (Å²) in [5, 5.41) is 0. The maximum absolute atomic E-state index is 5.78. The molecule has 1 aromatic heterocycles. The molecule has 2 rings (SSSR count). The number of hydrogen-bond donors (Lipinski definition) is 0. The molecular formula is C14H22N2O. The van der Waals surface area contributed by atoms with Crippen LogP contribution in [0, 0.1) is 0 Å². The average molecular weight is 234 g/mol. The van der Waals surface area contributed by atoms with Gasteiger partial charge in [-0.25, -0.2) is 0 Å². The maximum Gasteiger partial charge on any atom is 0.0843 e. The molecule has 0 unspecified atom stereocenters. The van der Waals surface area contributed by atoms with Gasteiger partial charge in [-0.15, -0.1) is 0 Å². The molecule has 3 nitrogen and oxygen atoms in total. The molecule has 0 aromatic carbocycles. The van der Waals surface area contributed by atoms with Gasteiger partial charge < -0.3 is 9.64 Å². The Morgan fingerprint density at radius 1 is 1.41 bits per heavy atom. The Kier molecular flexibility index (Phi) is 4.13. The standard InChI is InChI=1S/C14H22N2O/c1-4-11-7-8-12(14-6-5-9-17-14)13(15-11)10-16(2)3/h7-8,14H,4-6,9-10H2,1-3H3/t14-/m0/s1. The van der Waals surface area contributed by atoms with Gasteiger partial charge in [0.05, 0.1) is 11.8 Å². The summed E-state index contributed by atoms with van der Waals surface area (Å²) in [4.78, 5) is 6.92. The van der Waals surface area contributed by atoms with Gasteiger partial charge in [0.15, 0.2) is 0 Å². The van der Waals surface area contributed by atoms with Gasteiger partial charge in [-0.05, 0) is 39.4 Å². The van der Waals surface area contributed by atoms with Crippen LogP contribution in [0.4, 0.5) is 0 Å². The second-order valence-corrected chi connectivity index (χ2v) is 4.93. The van der Waals surface area contributed by atoms with Crippen molar-refractivity contribution < 1.29 is 4.74 Å². The van der Waals surface area contributed by atoms with E-state index < -0.39 is 0 Å². The minimum atomic E-state index is 0.267. The van der Waals surface area contributed by atoms with Gasteiger partial charge in [0.25, 0.3) is 0 Å². The van der Waals surface area contributed by atoms with Crippen molar-refractivity contribution in [2.45, 2.75) is 38.8 Å². The molecule has 0 amide bonds. The van der Waals surface area contributed by atoms with Crippen molar-refractivity contribution >= 4 is 0 Å². The summed E-state index contributed by atoms with van der Waals surface area (Å²) in [5.74, 6) is 0. The molecule has 0 N–H and O–H groups in total. The zero-order valence-electron chi connectivity index (χ0n) is 11.1. The highest BCUT2D eigenvalue weighted by Crippen LogP contribution is 2.30. The lowest BCUT2D eigenvalue weighted by molar-refractivity contribution is 0.110. The summed E-state index contributed by atoms with van der Waals surface area (Å²) in [7, 11) is 4.17. The topological polar surface area (TPSA) is 25.4 Å². The molecule has 1 aliphatic heterocycles. The van der Waals surface area contributed by atoms with Gasteiger partial charge >= 0.3 is 0 Å². The summed E-state index contributed by atoms with van der Waals surface area (Å²) in [5.41, 5.74) is 3.64. The normalized spacial score (nSPS) is 20.1. The van der Waals surface area contributed by atoms with E-state index in [0.717, 1.165) is 26.0 Å². The fourth-order valence-electron chi connectivity index (χ4n) is 2.30. The van der Waals surface area contributed by atoms with Gasteiger partial charge in [-0.1, -0.05) is 13.0 Å². The third kappa shape index (κ3) is 3.05. The molecular weight excluding hydrogens is 212 g/mol. The van der Waals surface area contributed by atoms with Gasteiger partial charge in [-0.2, -0.15) is 0 Å². The Hall–Kier alpha value is -0.930. The molecule has 1 aliphatic rings. The minimum Gasteiger partial charge on any atom is -0.373 e. The van der Waals surface area contributed by atoms with E-state index in [4.69, 9.17) is 9.72 Å². The highest BCUT2D eigenvalue weighted by molar-refractivity contribution is 5.26. The third-order valence-electron chi connectivity index (χ3n) is 3.17. The first kappa shape index (κ1) is 12.5. The first-order chi connectivity index (χ1) is 8.20. The highest BCUT2D eigenvalue weighted by Gasteiger charge is 2.21. The summed E-state index contributed by atoms with van der Waals surface area (Å²) in [6, 6.07) is 4.34. The van der Waals surface area contributed by atoms with E-state index in [1.54, 1.807) is 0 Å². The van der Waals surface area contributed by atoms with Crippen molar-refractivity contribution in [1.82, 2.24) is 9.88 Å². The van der Waals surface area contributed by atoms with Crippen molar-refractivity contribution in [3.05, 3.63) is 29.1 Å². The molecule has 1 saturated heterocycles. The van der Waals surface area contributed by atoms with Gasteiger partial charge in [0, 0.05) is 24.4 Å². The highest BCUT2D eigenvalue weighted by atomic mass is 16.5. The van der Waals surface area contributed by atoms with Gasteiger partial charge in [0.2, 0.25) is 0 Å². The third-order valence-corrected chi connectivity index (χ3v) is 3.17. The first-order valence-electron chi connectivity index (χ1n) is 6.45. The van der Waals surface area contributed by atoms with E-state index in [1.165, 1.54) is 23.4 Å². The minimum absolute atomic E-state index is 0.267. The van der Waals surface area contributed by atoms with E-state index in [-0.39, 0.29) is 6.10 Å². The number of ether oxygens (including phenoxy) is 1. The van der Waals surface area contributed by atoms with Crippen molar-refractivity contribution in [2.24, 2.45) is 0 Å². The molecule has 0 saturated carbocycles. The fraction of sp³-hybridized carbons (Fsp3) is 0.643. The van der Waals surface area contributed by atoms with Crippen LogP contribution in [0.15, 0.2) is 12.1 Å². The van der Waals surface area contributed by atoms with Gasteiger partial charge in [-0.3, -0.25) is 4.98 Å². The lowest BCUT2D eigenvalue weighted by Gasteiger charge is -2.18. The van der Waals surface area contributed by atoms with Crippen LogP contribution in [-0.2, 0) is 17.7 Å². The lowest BCUT2D eigenvalue weighted by atomic mass is 10.0. The SMILES string of the molecule is CCc1ccc([C@@H]2CCCO2)c(CN(C)C)n1. The van der Waals surface area contributed by atoms with Gasteiger partial charge in [0.1, 0.15) is 0 Å². The van der Waals surface area contributed by atoms with Crippen LogP contribution in [-0.4, -0.2) is 30.6 Å². The Bertz CT molecular complexity index is 370. The second-order valence-electron chi connectivity index (χ2n) is 4.93. The van der Waals surface area contributed by atoms with Crippen LogP contribution >= 0.6 is 0 Å². The monoisotopic (exact) mass is 234 g/mol. The quantitative estimate of drug-likeness (QED) is 0.800. The lowest BCUT2D eigenvalue weighted by Crippen LogP contribution is -2.16. The summed E-state index contributed by atoms with van der Waals surface area (Å²) in [6.45, 7) is 3.93. The smallest absolute Gasteiger partial charge is 0.0843 e. The van der Waals surface area contributed by atoms with Crippen LogP contribution in [0.25, 0.3) is 0 Å². The molecule has 0 radical (unpaired) electrons. The van der Waals surface area contributed by atoms with Crippen LogP contribution in [0.5, 0.6) is 0 Å². The molecule has 3 heteroatoms. The molecule has 17 heavy (non-hydrogen) atoms. The fourth-order valence-corrected chi connectivity index (χ4v) is 2.30. The number of pyridine rings is 1. The van der Waals surface area contributed by atoms with E-state index in [9.17, 15) is 0 Å². The molecule has 0 aliphatic carbocycles. The number of nitrogens with zero attached hydrogens (tertiary/aromatic N) is 2. The Labute approximate surface area is 104 Å². The van der Waals surface area contributed by atoms with Crippen molar-refractivity contribution in [3.8, 4) is 0 Å². The molecule has 1 atom stereocenters. The summed E-state index contributed by atoms with van der Waals surface area (Å²) >= 11 is 0. The maximum atomic E-state index is 5.78. The van der Waals surface area contributed by atoms with Crippen LogP contribution in [0.1, 0.15) is 42.8 Å². The molecule has 94 valence electrons. The Morgan fingerprint density at radius 2 is 2.24 bits per heavy atom. The Morgan fingerprint density at radius 3 is 2.82 bits per heavy atom. The van der Waals surface area contributed by atoms with Crippen molar-refractivity contribution in [3.63, 3.8) is 0 Å². The van der Waals surface area contributed by atoms with Crippen molar-refractivity contribution in [1.29, 1.82) is 0 Å². The zero-order valence-corrected chi connectivity index (χ0v) is 11.1. The number of aryl methyl sites for hydroxylation is 1. The predicted octanol–water partition coefficient (Wildman–Crippen LogP) is 2.56. The number of aromatic nitrogens is 1. The number of rotatable bonds is 4. The predicted molar refractivity (Wildman–Crippen MR) is 68.9 cm³/mol.